The van der Waals surface area contributed by atoms with Crippen LogP contribution >= 0.6 is 0 Å². The van der Waals surface area contributed by atoms with Crippen LogP contribution in [0.25, 0.3) is 0 Å². The summed E-state index contributed by atoms with van der Waals surface area (Å²) >= 11 is 0. The Kier molecular flexibility index (Phi) is 2.10. The third-order valence-corrected chi connectivity index (χ3v) is 2.38. The third kappa shape index (κ3) is 1.68. The van der Waals surface area contributed by atoms with Crippen LogP contribution in [0.4, 0.5) is 5.69 Å². The van der Waals surface area contributed by atoms with Crippen molar-refractivity contribution < 1.29 is 8.42 Å². The van der Waals surface area contributed by atoms with Crippen LogP contribution in [0.3, 0.4) is 0 Å². The van der Waals surface area contributed by atoms with E-state index in [1.807, 2.05) is 0 Å². The van der Waals surface area contributed by atoms with Crippen molar-refractivity contribution in [1.29, 1.82) is 0 Å². The molecule has 1 aromatic heterocycles. The Morgan fingerprint density at radius 2 is 2.08 bits per heavy atom. The van der Waals surface area contributed by atoms with E-state index in [0.717, 1.165) is 10.9 Å². The molecular formula is C5H8N4O3S. The van der Waals surface area contributed by atoms with Gasteiger partial charge in [0.1, 0.15) is 10.6 Å². The summed E-state index contributed by atoms with van der Waals surface area (Å²) in [7, 11) is -2.62. The second-order valence-corrected chi connectivity index (χ2v) is 3.93. The summed E-state index contributed by atoms with van der Waals surface area (Å²) in [6, 6.07) is 0. The lowest BCUT2D eigenvalue weighted by molar-refractivity contribution is 0.595. The lowest BCUT2D eigenvalue weighted by Crippen LogP contribution is -2.27. The van der Waals surface area contributed by atoms with Crippen molar-refractivity contribution in [2.24, 2.45) is 12.2 Å². The number of aromatic nitrogens is 2. The van der Waals surface area contributed by atoms with Crippen molar-refractivity contribution in [3.8, 4) is 0 Å². The molecule has 8 heteroatoms. The van der Waals surface area contributed by atoms with Gasteiger partial charge >= 0.3 is 0 Å². The summed E-state index contributed by atoms with van der Waals surface area (Å²) in [5, 5.41) is 8.25. The number of nitrogens with two attached hydrogens (primary N) is 2. The summed E-state index contributed by atoms with van der Waals surface area (Å²) in [5.41, 5.74) is 4.13. The smallest absolute Gasteiger partial charge is 0.291 e. The third-order valence-electron chi connectivity index (χ3n) is 1.44. The standard InChI is InChI=1S/C5H8N4O3S/c1-9-5(10)4(6)3(2-8-9)13(7,11)12/h2H,6H2,1H3,(H2,7,11,12). The van der Waals surface area contributed by atoms with Crippen LogP contribution in [0.15, 0.2) is 15.9 Å². The number of anilines is 1. The maximum absolute atomic E-state index is 11.1. The lowest BCUT2D eigenvalue weighted by Gasteiger charge is -2.02. The zero-order valence-electron chi connectivity index (χ0n) is 6.76. The molecule has 0 amide bonds. The summed E-state index contributed by atoms with van der Waals surface area (Å²) in [5.74, 6) is 0. The number of aryl methyl sites for hydroxylation is 1. The fourth-order valence-electron chi connectivity index (χ4n) is 0.767. The van der Waals surface area contributed by atoms with E-state index in [2.05, 4.69) is 5.10 Å². The normalized spacial score (nSPS) is 11.5. The lowest BCUT2D eigenvalue weighted by atomic mass is 10.5. The van der Waals surface area contributed by atoms with E-state index < -0.39 is 26.2 Å². The van der Waals surface area contributed by atoms with Gasteiger partial charge in [-0.25, -0.2) is 18.2 Å². The summed E-state index contributed by atoms with van der Waals surface area (Å²) in [6.07, 6.45) is 0.937. The van der Waals surface area contributed by atoms with E-state index in [9.17, 15) is 13.2 Å². The van der Waals surface area contributed by atoms with Gasteiger partial charge in [-0.05, 0) is 0 Å². The zero-order chi connectivity index (χ0) is 10.2. The molecule has 0 spiro atoms. The number of sulfonamides is 1. The van der Waals surface area contributed by atoms with Crippen LogP contribution in [-0.4, -0.2) is 18.2 Å². The SMILES string of the molecule is Cn1ncc(S(N)(=O)=O)c(N)c1=O. The summed E-state index contributed by atoms with van der Waals surface area (Å²) in [6.45, 7) is 0. The second-order valence-electron chi connectivity index (χ2n) is 2.40. The summed E-state index contributed by atoms with van der Waals surface area (Å²) in [4.78, 5) is 10.6. The molecular weight excluding hydrogens is 196 g/mol. The molecule has 72 valence electrons. The number of hydrogen-bond acceptors (Lipinski definition) is 5. The minimum atomic E-state index is -3.97. The van der Waals surface area contributed by atoms with Crippen LogP contribution in [0.2, 0.25) is 0 Å². The molecule has 0 fully saturated rings. The van der Waals surface area contributed by atoms with Gasteiger partial charge in [0.2, 0.25) is 10.0 Å². The molecule has 1 heterocycles. The Morgan fingerprint density at radius 3 is 2.54 bits per heavy atom. The van der Waals surface area contributed by atoms with Gasteiger partial charge in [0.15, 0.2) is 0 Å². The quantitative estimate of drug-likeness (QED) is 0.548. The minimum Gasteiger partial charge on any atom is -0.393 e. The van der Waals surface area contributed by atoms with Crippen molar-refractivity contribution in [1.82, 2.24) is 9.78 Å². The molecule has 1 aromatic rings. The van der Waals surface area contributed by atoms with E-state index >= 15 is 0 Å². The van der Waals surface area contributed by atoms with Crippen molar-refractivity contribution in [3.63, 3.8) is 0 Å². The topological polar surface area (TPSA) is 121 Å². The van der Waals surface area contributed by atoms with E-state index in [4.69, 9.17) is 10.9 Å². The fraction of sp³-hybridized carbons (Fsp3) is 0.200. The average molecular weight is 204 g/mol. The Labute approximate surface area is 74.0 Å². The van der Waals surface area contributed by atoms with E-state index in [1.165, 1.54) is 7.05 Å². The molecule has 0 saturated heterocycles. The van der Waals surface area contributed by atoms with Crippen molar-refractivity contribution in [2.45, 2.75) is 4.90 Å². The first-order valence-electron chi connectivity index (χ1n) is 3.18. The molecule has 1 rings (SSSR count). The Hall–Kier alpha value is -1.41. The van der Waals surface area contributed by atoms with Crippen molar-refractivity contribution >= 4 is 15.7 Å². The molecule has 4 N–H and O–H groups in total. The number of rotatable bonds is 1. The van der Waals surface area contributed by atoms with Crippen molar-refractivity contribution in [3.05, 3.63) is 16.6 Å². The van der Waals surface area contributed by atoms with Gasteiger partial charge in [0.25, 0.3) is 5.56 Å². The average Bonchev–Trinajstić information content (AvgIpc) is 1.98. The highest BCUT2D eigenvalue weighted by Gasteiger charge is 2.15. The van der Waals surface area contributed by atoms with Gasteiger partial charge in [-0.15, -0.1) is 0 Å². The maximum atomic E-state index is 11.1. The molecule has 0 unspecified atom stereocenters. The first kappa shape index (κ1) is 9.68. The molecule has 0 radical (unpaired) electrons. The molecule has 0 saturated carbocycles. The highest BCUT2D eigenvalue weighted by Crippen LogP contribution is 2.08. The van der Waals surface area contributed by atoms with Crippen LogP contribution < -0.4 is 16.4 Å². The second kappa shape index (κ2) is 2.82. The van der Waals surface area contributed by atoms with Crippen LogP contribution in [0.1, 0.15) is 0 Å². The molecule has 13 heavy (non-hydrogen) atoms. The highest BCUT2D eigenvalue weighted by molar-refractivity contribution is 7.89. The fourth-order valence-corrected chi connectivity index (χ4v) is 1.36. The molecule has 0 aliphatic carbocycles. The van der Waals surface area contributed by atoms with Gasteiger partial charge in [-0.3, -0.25) is 4.79 Å². The predicted molar refractivity (Wildman–Crippen MR) is 45.3 cm³/mol. The van der Waals surface area contributed by atoms with Crippen LogP contribution in [0, 0.1) is 0 Å². The first-order chi connectivity index (χ1) is 5.84. The minimum absolute atomic E-state index is 0.417. The van der Waals surface area contributed by atoms with E-state index in [1.54, 1.807) is 0 Å². The van der Waals surface area contributed by atoms with E-state index in [-0.39, 0.29) is 0 Å². The van der Waals surface area contributed by atoms with Gasteiger partial charge in [-0.1, -0.05) is 0 Å². The number of nitrogens with zero attached hydrogens (tertiary/aromatic N) is 2. The molecule has 0 aliphatic heterocycles. The molecule has 7 nitrogen and oxygen atoms in total. The van der Waals surface area contributed by atoms with Gasteiger partial charge < -0.3 is 5.73 Å². The van der Waals surface area contributed by atoms with Crippen LogP contribution in [0.5, 0.6) is 0 Å². The Morgan fingerprint density at radius 1 is 1.54 bits per heavy atom. The molecule has 0 aliphatic rings. The maximum Gasteiger partial charge on any atom is 0.291 e. The van der Waals surface area contributed by atoms with Gasteiger partial charge in [0, 0.05) is 7.05 Å². The largest absolute Gasteiger partial charge is 0.393 e. The highest BCUT2D eigenvalue weighted by atomic mass is 32.2. The monoisotopic (exact) mass is 204 g/mol. The predicted octanol–water partition coefficient (Wildman–Crippen LogP) is -1.99. The Bertz CT molecular complexity index is 489. The number of primary sulfonamides is 1. The molecule has 0 bridgehead atoms. The first-order valence-corrected chi connectivity index (χ1v) is 4.73. The Balaban J connectivity index is 3.63. The van der Waals surface area contributed by atoms with Gasteiger partial charge in [0.05, 0.1) is 6.20 Å². The number of hydrogen-bond donors (Lipinski definition) is 2. The van der Waals surface area contributed by atoms with Crippen LogP contribution in [-0.2, 0) is 17.1 Å². The summed E-state index contributed by atoms with van der Waals surface area (Å²) < 4.78 is 22.6. The molecule has 0 aromatic carbocycles. The van der Waals surface area contributed by atoms with Gasteiger partial charge in [-0.2, -0.15) is 5.10 Å². The zero-order valence-corrected chi connectivity index (χ0v) is 7.58. The number of nitrogen functional groups attached to an aromatic ring is 1. The van der Waals surface area contributed by atoms with Crippen molar-refractivity contribution in [2.75, 3.05) is 5.73 Å². The van der Waals surface area contributed by atoms with E-state index in [0.29, 0.717) is 0 Å². The molecule has 0 atom stereocenters.